The minimum atomic E-state index is -0.919. The second-order valence-electron chi connectivity index (χ2n) is 11.7. The molecule has 0 radical (unpaired) electrons. The van der Waals surface area contributed by atoms with Crippen molar-refractivity contribution in [3.8, 4) is 0 Å². The molecule has 0 aliphatic carbocycles. The van der Waals surface area contributed by atoms with E-state index in [1.807, 2.05) is 29.2 Å². The molecule has 3 heterocycles. The van der Waals surface area contributed by atoms with Crippen LogP contribution in [0.5, 0.6) is 0 Å². The third-order valence-corrected chi connectivity index (χ3v) is 9.06. The lowest BCUT2D eigenvalue weighted by atomic mass is 10.0. The molecule has 6 rings (SSSR count). The van der Waals surface area contributed by atoms with Crippen LogP contribution in [0.1, 0.15) is 40.9 Å². The van der Waals surface area contributed by atoms with Gasteiger partial charge >= 0.3 is 0 Å². The lowest BCUT2D eigenvalue weighted by Crippen LogP contribution is -2.55. The van der Waals surface area contributed by atoms with Crippen LogP contribution in [0.3, 0.4) is 0 Å². The highest BCUT2D eigenvalue weighted by molar-refractivity contribution is 6.31. The summed E-state index contributed by atoms with van der Waals surface area (Å²) in [6.45, 7) is 3.43. The normalized spacial score (nSPS) is 16.0. The van der Waals surface area contributed by atoms with Crippen molar-refractivity contribution in [1.82, 2.24) is 15.1 Å². The molecule has 9 nitrogen and oxygen atoms in total. The maximum atomic E-state index is 14.0. The molecule has 46 heavy (non-hydrogen) atoms. The number of rotatable bonds is 8. The van der Waals surface area contributed by atoms with Crippen LogP contribution in [0.25, 0.3) is 11.0 Å². The number of piperazine rings is 1. The quantitative estimate of drug-likeness (QED) is 0.275. The number of nitrogens with zero attached hydrogens (tertiary/aromatic N) is 3. The minimum Gasteiger partial charge on any atom is -0.451 e. The molecule has 1 atom stereocenters. The first-order valence-electron chi connectivity index (χ1n) is 15.4. The number of hydrogen-bond acceptors (Lipinski definition) is 6. The van der Waals surface area contributed by atoms with E-state index >= 15 is 0 Å². The molecule has 3 aromatic carbocycles. The Labute approximate surface area is 276 Å². The smallest absolute Gasteiger partial charge is 0.287 e. The molecule has 1 aromatic heterocycles. The monoisotopic (exact) mass is 660 g/mol. The van der Waals surface area contributed by atoms with Crippen LogP contribution in [0.4, 0.5) is 5.69 Å². The first-order chi connectivity index (χ1) is 22.2. The van der Waals surface area contributed by atoms with Gasteiger partial charge in [-0.2, -0.15) is 0 Å². The number of likely N-dealkylation sites (tertiary alicyclic amines) is 1. The van der Waals surface area contributed by atoms with Gasteiger partial charge in [0.25, 0.3) is 5.91 Å². The number of benzene rings is 3. The topological polar surface area (TPSA) is 103 Å². The summed E-state index contributed by atoms with van der Waals surface area (Å²) in [5, 5.41) is 4.05. The fourth-order valence-electron chi connectivity index (χ4n) is 6.10. The van der Waals surface area contributed by atoms with Gasteiger partial charge in [-0.25, -0.2) is 0 Å². The molecule has 2 saturated heterocycles. The number of para-hydroxylation sites is 1. The van der Waals surface area contributed by atoms with E-state index in [-0.39, 0.29) is 35.0 Å². The van der Waals surface area contributed by atoms with Gasteiger partial charge in [-0.15, -0.1) is 0 Å². The van der Waals surface area contributed by atoms with Crippen molar-refractivity contribution in [2.75, 3.05) is 37.6 Å². The highest BCUT2D eigenvalue weighted by atomic mass is 35.5. The van der Waals surface area contributed by atoms with Crippen molar-refractivity contribution >= 4 is 57.6 Å². The third kappa shape index (κ3) is 7.21. The minimum absolute atomic E-state index is 0.187. The summed E-state index contributed by atoms with van der Waals surface area (Å²) in [6, 6.07) is 20.0. The Kier molecular flexibility index (Phi) is 9.61. The summed E-state index contributed by atoms with van der Waals surface area (Å²) in [7, 11) is 0. The van der Waals surface area contributed by atoms with E-state index in [1.165, 1.54) is 6.07 Å². The number of hydrogen-bond donors (Lipinski definition) is 1. The summed E-state index contributed by atoms with van der Waals surface area (Å²) in [5.41, 5.74) is 2.76. The van der Waals surface area contributed by atoms with Gasteiger partial charge < -0.3 is 24.4 Å². The zero-order valence-corrected chi connectivity index (χ0v) is 26.7. The molecule has 0 unspecified atom stereocenters. The number of fused-ring (bicyclic) bond motifs is 1. The molecule has 2 aliphatic rings. The number of piperidine rings is 1. The Balaban J connectivity index is 1.18. The third-order valence-electron chi connectivity index (χ3n) is 8.58. The molecule has 0 saturated carbocycles. The van der Waals surface area contributed by atoms with Crippen LogP contribution in [-0.2, 0) is 22.6 Å². The number of halogens is 2. The van der Waals surface area contributed by atoms with E-state index in [2.05, 4.69) is 22.3 Å². The molecule has 4 aromatic rings. The van der Waals surface area contributed by atoms with Crippen LogP contribution < -0.4 is 15.6 Å². The number of nitrogens with one attached hydrogen (secondary N) is 1. The van der Waals surface area contributed by atoms with E-state index in [0.717, 1.165) is 42.3 Å². The molecular formula is C35H34Cl2N4O5. The molecule has 2 fully saturated rings. The van der Waals surface area contributed by atoms with Gasteiger partial charge in [0, 0.05) is 80.0 Å². The average Bonchev–Trinajstić information content (AvgIpc) is 3.06. The van der Waals surface area contributed by atoms with Crippen LogP contribution in [-0.4, -0.2) is 66.3 Å². The fraction of sp³-hybridized carbons (Fsp3) is 0.314. The Morgan fingerprint density at radius 2 is 1.59 bits per heavy atom. The molecule has 0 bridgehead atoms. The predicted octanol–water partition coefficient (Wildman–Crippen LogP) is 5.30. The van der Waals surface area contributed by atoms with E-state index in [9.17, 15) is 19.2 Å². The predicted molar refractivity (Wildman–Crippen MR) is 178 cm³/mol. The highest BCUT2D eigenvalue weighted by Gasteiger charge is 2.31. The van der Waals surface area contributed by atoms with Gasteiger partial charge in [0.2, 0.25) is 11.8 Å². The van der Waals surface area contributed by atoms with Gasteiger partial charge in [-0.1, -0.05) is 53.5 Å². The van der Waals surface area contributed by atoms with Crippen molar-refractivity contribution in [2.45, 2.75) is 38.3 Å². The van der Waals surface area contributed by atoms with Crippen molar-refractivity contribution in [2.24, 2.45) is 0 Å². The Morgan fingerprint density at radius 3 is 2.35 bits per heavy atom. The molecule has 11 heteroatoms. The van der Waals surface area contributed by atoms with Crippen LogP contribution in [0.2, 0.25) is 10.0 Å². The molecule has 0 spiro atoms. The first kappa shape index (κ1) is 31.6. The second-order valence-corrected chi connectivity index (χ2v) is 12.6. The summed E-state index contributed by atoms with van der Waals surface area (Å²) < 4.78 is 5.74. The summed E-state index contributed by atoms with van der Waals surface area (Å²) >= 11 is 12.2. The van der Waals surface area contributed by atoms with Crippen molar-refractivity contribution in [3.63, 3.8) is 0 Å². The lowest BCUT2D eigenvalue weighted by Gasteiger charge is -2.39. The van der Waals surface area contributed by atoms with Gasteiger partial charge in [-0.3, -0.25) is 19.2 Å². The molecule has 2 aliphatic heterocycles. The summed E-state index contributed by atoms with van der Waals surface area (Å²) in [5.74, 6) is -0.924. The van der Waals surface area contributed by atoms with Crippen molar-refractivity contribution in [3.05, 3.63) is 110 Å². The average molecular weight is 662 g/mol. The second kappa shape index (κ2) is 14.0. The van der Waals surface area contributed by atoms with Gasteiger partial charge in [0.15, 0.2) is 11.2 Å². The van der Waals surface area contributed by atoms with E-state index in [4.69, 9.17) is 27.6 Å². The van der Waals surface area contributed by atoms with Crippen LogP contribution in [0, 0.1) is 0 Å². The molecular weight excluding hydrogens is 627 g/mol. The first-order valence-corrected chi connectivity index (χ1v) is 16.2. The highest BCUT2D eigenvalue weighted by Crippen LogP contribution is 2.26. The molecule has 238 valence electrons. The summed E-state index contributed by atoms with van der Waals surface area (Å²) in [6.07, 6.45) is 2.78. The van der Waals surface area contributed by atoms with Crippen molar-refractivity contribution < 1.29 is 18.8 Å². The van der Waals surface area contributed by atoms with Gasteiger partial charge in [-0.05, 0) is 54.3 Å². The van der Waals surface area contributed by atoms with Gasteiger partial charge in [0.05, 0.1) is 5.39 Å². The zero-order valence-electron chi connectivity index (χ0n) is 25.2. The van der Waals surface area contributed by atoms with E-state index < -0.39 is 11.9 Å². The van der Waals surface area contributed by atoms with Crippen LogP contribution in [0.15, 0.2) is 82.0 Å². The fourth-order valence-corrected chi connectivity index (χ4v) is 6.39. The number of carbonyl (C=O) groups excluding carboxylic acids is 3. The maximum absolute atomic E-state index is 14.0. The van der Waals surface area contributed by atoms with E-state index in [1.54, 1.807) is 29.2 Å². The number of carbonyl (C=O) groups is 3. The number of amides is 3. The van der Waals surface area contributed by atoms with E-state index in [0.29, 0.717) is 54.6 Å². The summed E-state index contributed by atoms with van der Waals surface area (Å²) in [4.78, 5) is 58.5. The Morgan fingerprint density at radius 1 is 0.848 bits per heavy atom. The SMILES string of the molecule is O=C(N[C@H](Cc1ccc(Cl)cc1)C(=O)N1CCN(c2ccccc2CN2CCCCC2=O)CC1)c1cc(=O)c2ccc(Cl)cc2o1. The number of anilines is 1. The standard InChI is InChI=1S/C35H34Cl2N4O5/c36-25-10-8-23(9-11-25)19-28(38-34(44)32-21-30(42)27-13-12-26(37)20-31(27)46-32)35(45)40-17-15-39(16-18-40)29-6-2-1-5-24(29)22-41-14-4-3-7-33(41)43/h1-2,5-6,8-13,20-21,28H,3-4,7,14-19,22H2,(H,38,44)/t28-/m1/s1. The molecule has 3 amide bonds. The largest absolute Gasteiger partial charge is 0.451 e. The zero-order chi connectivity index (χ0) is 32.2. The van der Waals surface area contributed by atoms with Crippen LogP contribution >= 0.6 is 23.2 Å². The van der Waals surface area contributed by atoms with Crippen molar-refractivity contribution in [1.29, 1.82) is 0 Å². The van der Waals surface area contributed by atoms with Gasteiger partial charge in [0.1, 0.15) is 11.6 Å². The Bertz CT molecular complexity index is 1820. The Hall–Kier alpha value is -4.34. The maximum Gasteiger partial charge on any atom is 0.287 e. The lowest BCUT2D eigenvalue weighted by molar-refractivity contribution is -0.134. The molecule has 1 N–H and O–H groups in total.